The maximum Gasteiger partial charge on any atom is 0.335 e. The monoisotopic (exact) mass is 1040 g/mol. The van der Waals surface area contributed by atoms with Gasteiger partial charge in [0.05, 0.1) is 5.56 Å². The molecule has 0 atom stereocenters. The number of aromatic carboxylic acids is 1. The molecule has 0 spiro atoms. The molecule has 0 unspecified atom stereocenters. The molecule has 11 nitrogen and oxygen atoms in total. The Morgan fingerprint density at radius 1 is 0.506 bits per heavy atom. The highest BCUT2D eigenvalue weighted by molar-refractivity contribution is 5.98. The molecule has 6 aromatic carbocycles. The number of aliphatic hydroxyl groups excluding tert-OH is 1. The molecule has 11 heteroatoms. The minimum absolute atomic E-state index is 0.0129. The third kappa shape index (κ3) is 16.2. The summed E-state index contributed by atoms with van der Waals surface area (Å²) in [7, 11) is 0. The predicted molar refractivity (Wildman–Crippen MR) is 307 cm³/mol. The predicted octanol–water partition coefficient (Wildman–Crippen LogP) is 13.4. The molecule has 0 saturated carbocycles. The van der Waals surface area contributed by atoms with Crippen molar-refractivity contribution in [1.82, 2.24) is 9.80 Å². The van der Waals surface area contributed by atoms with Crippen molar-refractivity contribution in [2.24, 2.45) is 11.8 Å². The number of allylic oxidation sites excluding steroid dienone is 3. The van der Waals surface area contributed by atoms with Crippen molar-refractivity contribution >= 4 is 40.8 Å². The molecule has 2 heterocycles. The summed E-state index contributed by atoms with van der Waals surface area (Å²) in [4.78, 5) is 52.0. The van der Waals surface area contributed by atoms with E-state index in [0.29, 0.717) is 74.4 Å². The Morgan fingerprint density at radius 3 is 1.12 bits per heavy atom. The number of carbonyl (C=O) groups excluding carboxylic acids is 3. The van der Waals surface area contributed by atoms with Crippen molar-refractivity contribution in [1.29, 1.82) is 0 Å². The van der Waals surface area contributed by atoms with Crippen LogP contribution in [0.5, 0.6) is 17.2 Å². The van der Waals surface area contributed by atoms with Gasteiger partial charge in [-0.1, -0.05) is 111 Å². The zero-order valence-electron chi connectivity index (χ0n) is 45.6. The van der Waals surface area contributed by atoms with Gasteiger partial charge in [0.15, 0.2) is 0 Å². The van der Waals surface area contributed by atoms with E-state index in [-0.39, 0.29) is 29.9 Å². The highest BCUT2D eigenvalue weighted by Gasteiger charge is 2.27. The molecule has 0 aromatic heterocycles. The lowest BCUT2D eigenvalue weighted by Gasteiger charge is -2.31. The zero-order chi connectivity index (χ0) is 55.6. The lowest BCUT2D eigenvalue weighted by atomic mass is 9.95. The molecule has 2 fully saturated rings. The molecule has 2 aliphatic rings. The maximum atomic E-state index is 13.1. The highest BCUT2D eigenvalue weighted by atomic mass is 16.5. The number of carboxylic acid groups (broad SMARTS) is 1. The Labute approximate surface area is 455 Å². The SMILES string of the molecule is C=C(C)c1cc(C(=O)N2CCC(C=O)CC2)c(C)cc1OCc1ccccc1.C=C(C)c1cc(C(=O)N2CCC(CO)CC2)c(C)cc1OCc1ccccc1.C=C(C)c1cc(C(=O)O)c(C)cc1OCc1ccccc1. The topological polar surface area (TPSA) is 143 Å². The van der Waals surface area contributed by atoms with Gasteiger partial charge in [0.1, 0.15) is 43.4 Å². The van der Waals surface area contributed by atoms with Gasteiger partial charge in [-0.15, -0.1) is 0 Å². The number of rotatable bonds is 17. The number of carboxylic acids is 1. The van der Waals surface area contributed by atoms with E-state index >= 15 is 0 Å². The van der Waals surface area contributed by atoms with Crippen LogP contribution >= 0.6 is 0 Å². The second-order valence-corrected chi connectivity index (χ2v) is 20.1. The van der Waals surface area contributed by atoms with E-state index in [2.05, 4.69) is 19.7 Å². The second kappa shape index (κ2) is 28.2. The van der Waals surface area contributed by atoms with Gasteiger partial charge in [-0.05, 0) is 160 Å². The van der Waals surface area contributed by atoms with Crippen molar-refractivity contribution in [2.75, 3.05) is 32.8 Å². The first-order chi connectivity index (χ1) is 37.0. The number of hydrogen-bond acceptors (Lipinski definition) is 8. The third-order valence-electron chi connectivity index (χ3n) is 13.9. The quantitative estimate of drug-likeness (QED) is 0.0854. The van der Waals surface area contributed by atoms with Crippen LogP contribution in [0, 0.1) is 32.6 Å². The third-order valence-corrected chi connectivity index (χ3v) is 13.9. The summed E-state index contributed by atoms with van der Waals surface area (Å²) < 4.78 is 18.0. The summed E-state index contributed by atoms with van der Waals surface area (Å²) >= 11 is 0. The average Bonchev–Trinajstić information content (AvgIpc) is 3.44. The smallest absolute Gasteiger partial charge is 0.335 e. The van der Waals surface area contributed by atoms with Gasteiger partial charge in [-0.2, -0.15) is 0 Å². The lowest BCUT2D eigenvalue weighted by molar-refractivity contribution is -0.112. The summed E-state index contributed by atoms with van der Waals surface area (Å²) in [5.41, 5.74) is 12.3. The van der Waals surface area contributed by atoms with Crippen molar-refractivity contribution in [3.8, 4) is 17.2 Å². The van der Waals surface area contributed by atoms with Gasteiger partial charge < -0.3 is 39.0 Å². The van der Waals surface area contributed by atoms with E-state index in [9.17, 15) is 29.4 Å². The largest absolute Gasteiger partial charge is 0.488 e. The van der Waals surface area contributed by atoms with Gasteiger partial charge in [-0.25, -0.2) is 4.79 Å². The molecule has 2 amide bonds. The Kier molecular flexibility index (Phi) is 21.3. The number of aliphatic hydroxyl groups is 1. The van der Waals surface area contributed by atoms with Crippen LogP contribution in [0.2, 0.25) is 0 Å². The minimum atomic E-state index is -0.940. The first-order valence-corrected chi connectivity index (χ1v) is 26.3. The number of likely N-dealkylation sites (tertiary alicyclic amines) is 2. The van der Waals surface area contributed by atoms with E-state index in [1.807, 2.05) is 160 Å². The van der Waals surface area contributed by atoms with Crippen LogP contribution < -0.4 is 14.2 Å². The Balaban J connectivity index is 0.000000189. The summed E-state index contributed by atoms with van der Waals surface area (Å²) in [5.74, 6) is 1.66. The molecular weight excluding hydrogens is 965 g/mol. The van der Waals surface area contributed by atoms with Crippen LogP contribution in [-0.4, -0.2) is 76.9 Å². The number of nitrogens with zero attached hydrogens (tertiary/aromatic N) is 2. The summed E-state index contributed by atoms with van der Waals surface area (Å²) in [6.07, 6.45) is 4.19. The summed E-state index contributed by atoms with van der Waals surface area (Å²) in [6, 6.07) is 40.9. The number of benzene rings is 6. The molecule has 0 bridgehead atoms. The van der Waals surface area contributed by atoms with Crippen LogP contribution in [-0.2, 0) is 24.6 Å². The van der Waals surface area contributed by atoms with Crippen molar-refractivity contribution < 1.29 is 43.6 Å². The molecule has 2 N–H and O–H groups in total. The van der Waals surface area contributed by atoms with Crippen LogP contribution in [0.25, 0.3) is 16.7 Å². The van der Waals surface area contributed by atoms with Gasteiger partial charge in [-0.3, -0.25) is 9.59 Å². The first kappa shape index (κ1) is 58.2. The molecule has 0 radical (unpaired) electrons. The molecule has 6 aromatic rings. The fourth-order valence-electron chi connectivity index (χ4n) is 9.20. The van der Waals surface area contributed by atoms with E-state index in [0.717, 1.165) is 105 Å². The summed E-state index contributed by atoms with van der Waals surface area (Å²) in [5, 5.41) is 18.5. The van der Waals surface area contributed by atoms with Crippen molar-refractivity contribution in [3.63, 3.8) is 0 Å². The molecule has 2 saturated heterocycles. The number of hydrogen-bond donors (Lipinski definition) is 2. The van der Waals surface area contributed by atoms with Crippen LogP contribution in [0.15, 0.2) is 147 Å². The molecule has 77 heavy (non-hydrogen) atoms. The Hall–Kier alpha value is -8.02. The van der Waals surface area contributed by atoms with Crippen LogP contribution in [0.4, 0.5) is 0 Å². The van der Waals surface area contributed by atoms with Crippen LogP contribution in [0.1, 0.15) is 128 Å². The van der Waals surface area contributed by atoms with E-state index in [1.54, 1.807) is 19.1 Å². The molecular formula is C66H74N2O9. The standard InChI is InChI=1S/C24H29NO3.C24H27NO3.C18H18O3/c2*1-17(2)21-14-22(24(27)25-11-9-19(15-26)10-12-25)18(3)13-23(21)28-16-20-7-5-4-6-8-20;1-12(2)15-10-16(18(19)20)13(3)9-17(15)21-11-14-7-5-4-6-8-14/h4-8,13-14,19,26H,1,9-12,15-16H2,2-3H3;4-8,13-15,19H,1,9-12,16H2,2-3H3;4-10H,1,11H2,2-3H3,(H,19,20). The van der Waals surface area contributed by atoms with E-state index < -0.39 is 5.97 Å². The van der Waals surface area contributed by atoms with Crippen molar-refractivity contribution in [3.05, 3.63) is 214 Å². The molecule has 0 aliphatic carbocycles. The normalized spacial score (nSPS) is 13.4. The highest BCUT2D eigenvalue weighted by Crippen LogP contribution is 2.34. The van der Waals surface area contributed by atoms with Crippen molar-refractivity contribution in [2.45, 2.75) is 87.0 Å². The van der Waals surface area contributed by atoms with E-state index in [1.165, 1.54) is 0 Å². The number of ether oxygens (including phenoxy) is 3. The second-order valence-electron chi connectivity index (χ2n) is 20.1. The van der Waals surface area contributed by atoms with E-state index in [4.69, 9.17) is 14.2 Å². The fourth-order valence-corrected chi connectivity index (χ4v) is 9.20. The van der Waals surface area contributed by atoms with Crippen LogP contribution in [0.3, 0.4) is 0 Å². The number of aldehydes is 1. The average molecular weight is 1040 g/mol. The summed E-state index contributed by atoms with van der Waals surface area (Å²) in [6.45, 7) is 27.6. The van der Waals surface area contributed by atoms with Gasteiger partial charge in [0, 0.05) is 66.5 Å². The maximum absolute atomic E-state index is 13.1. The van der Waals surface area contributed by atoms with Gasteiger partial charge in [0.25, 0.3) is 11.8 Å². The zero-order valence-corrected chi connectivity index (χ0v) is 45.6. The number of aryl methyl sites for hydroxylation is 3. The molecule has 8 rings (SSSR count). The first-order valence-electron chi connectivity index (χ1n) is 26.3. The number of amides is 2. The van der Waals surface area contributed by atoms with Gasteiger partial charge >= 0.3 is 5.97 Å². The Bertz CT molecular complexity index is 3020. The molecule has 402 valence electrons. The number of piperidine rings is 2. The minimum Gasteiger partial charge on any atom is -0.488 e. The molecule has 2 aliphatic heterocycles. The van der Waals surface area contributed by atoms with Gasteiger partial charge in [0.2, 0.25) is 0 Å². The number of carbonyl (C=O) groups is 4. The Morgan fingerprint density at radius 2 is 0.818 bits per heavy atom. The lowest BCUT2D eigenvalue weighted by Crippen LogP contribution is -2.39. The fraction of sp³-hybridized carbons (Fsp3) is 0.303.